The summed E-state index contributed by atoms with van der Waals surface area (Å²) in [4.78, 5) is 15.4. The molecule has 0 N–H and O–H groups in total. The van der Waals surface area contributed by atoms with Crippen LogP contribution >= 0.6 is 0 Å². The first kappa shape index (κ1) is 16.7. The van der Waals surface area contributed by atoms with Gasteiger partial charge in [-0.05, 0) is 23.8 Å². The molecule has 0 saturated heterocycles. The lowest BCUT2D eigenvalue weighted by atomic mass is 10.2. The van der Waals surface area contributed by atoms with E-state index in [1.165, 1.54) is 16.8 Å². The highest BCUT2D eigenvalue weighted by Crippen LogP contribution is 2.29. The van der Waals surface area contributed by atoms with Gasteiger partial charge in [-0.25, -0.2) is 0 Å². The van der Waals surface area contributed by atoms with Gasteiger partial charge in [-0.15, -0.1) is 0 Å². The lowest BCUT2D eigenvalue weighted by molar-refractivity contribution is -0.159. The molecular formula is C16H12F3N3O3. The van der Waals surface area contributed by atoms with Crippen LogP contribution in [0, 0.1) is 0 Å². The molecule has 0 amide bonds. The smallest absolute Gasteiger partial charge is 0.471 e. The predicted octanol–water partition coefficient (Wildman–Crippen LogP) is 2.97. The molecule has 2 heterocycles. The third kappa shape index (κ3) is 3.70. The van der Waals surface area contributed by atoms with E-state index in [0.29, 0.717) is 12.3 Å². The molecule has 0 bridgehead atoms. The molecular weight excluding hydrogens is 339 g/mol. The lowest BCUT2D eigenvalue weighted by Crippen LogP contribution is -2.19. The standard InChI is InChI=1S/C16H12F3N3O3/c1-24-12-4-2-10(3-5-12)9-22-7-6-11(8-13(22)23)14-20-15(25-21-14)16(17,18)19/h2-8H,9H2,1H3. The highest BCUT2D eigenvalue weighted by molar-refractivity contribution is 5.52. The van der Waals surface area contributed by atoms with Gasteiger partial charge in [0.1, 0.15) is 5.75 Å². The van der Waals surface area contributed by atoms with Crippen molar-refractivity contribution in [3.63, 3.8) is 0 Å². The molecule has 1 aromatic carbocycles. The van der Waals surface area contributed by atoms with Crippen molar-refractivity contribution < 1.29 is 22.4 Å². The van der Waals surface area contributed by atoms with Crippen LogP contribution < -0.4 is 10.3 Å². The van der Waals surface area contributed by atoms with E-state index in [-0.39, 0.29) is 11.4 Å². The van der Waals surface area contributed by atoms with Crippen LogP contribution in [0.3, 0.4) is 0 Å². The second-order valence-corrected chi connectivity index (χ2v) is 5.15. The van der Waals surface area contributed by atoms with Crippen molar-refractivity contribution >= 4 is 0 Å². The molecule has 0 unspecified atom stereocenters. The number of pyridine rings is 1. The fraction of sp³-hybridized carbons (Fsp3) is 0.188. The molecule has 9 heteroatoms. The van der Waals surface area contributed by atoms with Crippen LogP contribution in [0.15, 0.2) is 51.9 Å². The summed E-state index contributed by atoms with van der Waals surface area (Å²) in [6.07, 6.45) is -3.26. The van der Waals surface area contributed by atoms with E-state index in [1.54, 1.807) is 19.2 Å². The first-order valence-electron chi connectivity index (χ1n) is 7.11. The van der Waals surface area contributed by atoms with Crippen molar-refractivity contribution in [3.05, 3.63) is 64.4 Å². The Morgan fingerprint density at radius 3 is 2.48 bits per heavy atom. The molecule has 0 radical (unpaired) electrons. The van der Waals surface area contributed by atoms with Gasteiger partial charge in [0.2, 0.25) is 5.82 Å². The highest BCUT2D eigenvalue weighted by atomic mass is 19.4. The first-order valence-corrected chi connectivity index (χ1v) is 7.11. The van der Waals surface area contributed by atoms with E-state index in [4.69, 9.17) is 4.74 Å². The minimum absolute atomic E-state index is 0.148. The zero-order valence-electron chi connectivity index (χ0n) is 12.9. The van der Waals surface area contributed by atoms with E-state index in [1.807, 2.05) is 12.1 Å². The summed E-state index contributed by atoms with van der Waals surface area (Å²) in [6, 6.07) is 9.78. The SMILES string of the molecule is COc1ccc(Cn2ccc(-c3noc(C(F)(F)F)n3)cc2=O)cc1. The largest absolute Gasteiger partial charge is 0.497 e. The third-order valence-corrected chi connectivity index (χ3v) is 3.43. The molecule has 0 aliphatic heterocycles. The molecule has 0 atom stereocenters. The summed E-state index contributed by atoms with van der Waals surface area (Å²) >= 11 is 0. The highest BCUT2D eigenvalue weighted by Gasteiger charge is 2.38. The van der Waals surface area contributed by atoms with Crippen LogP contribution in [0.25, 0.3) is 11.4 Å². The number of alkyl halides is 3. The normalized spacial score (nSPS) is 11.5. The minimum atomic E-state index is -4.73. The van der Waals surface area contributed by atoms with E-state index in [9.17, 15) is 18.0 Å². The average molecular weight is 351 g/mol. The first-order chi connectivity index (χ1) is 11.9. The number of benzene rings is 1. The van der Waals surface area contributed by atoms with Crippen LogP contribution in [0.2, 0.25) is 0 Å². The average Bonchev–Trinajstić information content (AvgIpc) is 3.08. The van der Waals surface area contributed by atoms with Crippen LogP contribution in [0.1, 0.15) is 11.5 Å². The number of ether oxygens (including phenoxy) is 1. The Morgan fingerprint density at radius 1 is 1.20 bits per heavy atom. The zero-order valence-corrected chi connectivity index (χ0v) is 12.9. The predicted molar refractivity (Wildman–Crippen MR) is 81.1 cm³/mol. The van der Waals surface area contributed by atoms with Gasteiger partial charge in [0.05, 0.1) is 13.7 Å². The van der Waals surface area contributed by atoms with Gasteiger partial charge >= 0.3 is 12.1 Å². The van der Waals surface area contributed by atoms with Crippen LogP contribution in [0.4, 0.5) is 13.2 Å². The monoisotopic (exact) mass is 351 g/mol. The van der Waals surface area contributed by atoms with Gasteiger partial charge in [-0.2, -0.15) is 18.2 Å². The lowest BCUT2D eigenvalue weighted by Gasteiger charge is -2.07. The summed E-state index contributed by atoms with van der Waals surface area (Å²) in [7, 11) is 1.56. The number of rotatable bonds is 4. The Bertz CT molecular complexity index is 930. The molecule has 3 aromatic rings. The Labute approximate surface area is 139 Å². The van der Waals surface area contributed by atoms with Gasteiger partial charge in [0.25, 0.3) is 5.56 Å². The maximum absolute atomic E-state index is 12.5. The van der Waals surface area contributed by atoms with Crippen molar-refractivity contribution in [2.75, 3.05) is 7.11 Å². The fourth-order valence-corrected chi connectivity index (χ4v) is 2.16. The van der Waals surface area contributed by atoms with Gasteiger partial charge in [-0.1, -0.05) is 17.3 Å². The van der Waals surface area contributed by atoms with Gasteiger partial charge in [0, 0.05) is 17.8 Å². The molecule has 0 fully saturated rings. The van der Waals surface area contributed by atoms with Gasteiger partial charge < -0.3 is 13.8 Å². The van der Waals surface area contributed by atoms with Crippen molar-refractivity contribution in [1.82, 2.24) is 14.7 Å². The Morgan fingerprint density at radius 2 is 1.92 bits per heavy atom. The fourth-order valence-electron chi connectivity index (χ4n) is 2.16. The number of halogens is 3. The number of nitrogens with zero attached hydrogens (tertiary/aromatic N) is 3. The molecule has 0 aliphatic carbocycles. The Kier molecular flexibility index (Phi) is 4.30. The van der Waals surface area contributed by atoms with Crippen molar-refractivity contribution in [2.24, 2.45) is 0 Å². The van der Waals surface area contributed by atoms with Gasteiger partial charge in [0.15, 0.2) is 0 Å². The van der Waals surface area contributed by atoms with E-state index in [0.717, 1.165) is 11.6 Å². The number of hydrogen-bond donors (Lipinski definition) is 0. The molecule has 0 spiro atoms. The maximum Gasteiger partial charge on any atom is 0.471 e. The minimum Gasteiger partial charge on any atom is -0.497 e. The second kappa shape index (κ2) is 6.42. The summed E-state index contributed by atoms with van der Waals surface area (Å²) in [5, 5.41) is 3.26. The molecule has 2 aromatic heterocycles. The topological polar surface area (TPSA) is 70.2 Å². The van der Waals surface area contributed by atoms with Crippen LogP contribution in [-0.4, -0.2) is 21.8 Å². The Hall–Kier alpha value is -3.10. The van der Waals surface area contributed by atoms with Crippen molar-refractivity contribution in [1.29, 1.82) is 0 Å². The van der Waals surface area contributed by atoms with E-state index >= 15 is 0 Å². The molecule has 0 saturated carbocycles. The molecule has 3 rings (SSSR count). The third-order valence-electron chi connectivity index (χ3n) is 3.43. The van der Waals surface area contributed by atoms with Crippen LogP contribution in [0.5, 0.6) is 5.75 Å². The summed E-state index contributed by atoms with van der Waals surface area (Å²) in [6.45, 7) is 0.309. The number of hydrogen-bond acceptors (Lipinski definition) is 5. The quantitative estimate of drug-likeness (QED) is 0.723. The molecule has 130 valence electrons. The number of aromatic nitrogens is 3. The maximum atomic E-state index is 12.5. The summed E-state index contributed by atoms with van der Waals surface area (Å²) < 4.78 is 48.1. The van der Waals surface area contributed by atoms with E-state index in [2.05, 4.69) is 14.7 Å². The Balaban J connectivity index is 1.83. The van der Waals surface area contributed by atoms with Crippen LogP contribution in [-0.2, 0) is 12.7 Å². The number of methoxy groups -OCH3 is 1. The van der Waals surface area contributed by atoms with E-state index < -0.39 is 17.6 Å². The van der Waals surface area contributed by atoms with Crippen molar-refractivity contribution in [2.45, 2.75) is 12.7 Å². The van der Waals surface area contributed by atoms with Crippen molar-refractivity contribution in [3.8, 4) is 17.1 Å². The zero-order chi connectivity index (χ0) is 18.0. The molecule has 0 aliphatic rings. The summed E-state index contributed by atoms with van der Waals surface area (Å²) in [5.41, 5.74) is 0.622. The summed E-state index contributed by atoms with van der Waals surface area (Å²) in [5.74, 6) is -1.05. The van der Waals surface area contributed by atoms with Gasteiger partial charge in [-0.3, -0.25) is 4.79 Å². The second-order valence-electron chi connectivity index (χ2n) is 5.15. The molecule has 25 heavy (non-hydrogen) atoms. The molecule has 6 nitrogen and oxygen atoms in total.